The fourth-order valence-corrected chi connectivity index (χ4v) is 0. The van der Waals surface area contributed by atoms with Crippen LogP contribution in [0.2, 0.25) is 0 Å². The normalized spacial score (nSPS) is 6.42. The fourth-order valence-electron chi connectivity index (χ4n) is 0. The second kappa shape index (κ2) is 16.7. The standard InChI is InChI=1S/C5H10.C5H8.C2H6/c2*1-4-5(2)3;1-2/h2,4H2,1,3H3;4H,1-2H2,3H3;1-2H3. The summed E-state index contributed by atoms with van der Waals surface area (Å²) < 4.78 is 0. The van der Waals surface area contributed by atoms with E-state index in [0.29, 0.717) is 0 Å². The molecule has 0 nitrogen and oxygen atoms in total. The molecule has 72 valence electrons. The van der Waals surface area contributed by atoms with Crippen molar-refractivity contribution in [2.45, 2.75) is 41.0 Å². The predicted octanol–water partition coefficient (Wildman–Crippen LogP) is 4.75. The van der Waals surface area contributed by atoms with E-state index in [0.717, 1.165) is 12.0 Å². The Labute approximate surface area is 78.7 Å². The van der Waals surface area contributed by atoms with Gasteiger partial charge in [0.15, 0.2) is 0 Å². The lowest BCUT2D eigenvalue weighted by molar-refractivity contribution is 1.11. The Bertz CT molecular complexity index is 118. The molecule has 0 aromatic heterocycles. The summed E-state index contributed by atoms with van der Waals surface area (Å²) in [5.41, 5.74) is 2.27. The van der Waals surface area contributed by atoms with Gasteiger partial charge in [-0.05, 0) is 20.3 Å². The van der Waals surface area contributed by atoms with Crippen molar-refractivity contribution >= 4 is 0 Å². The van der Waals surface area contributed by atoms with Gasteiger partial charge in [0, 0.05) is 0 Å². The molecule has 0 N–H and O–H groups in total. The highest BCUT2D eigenvalue weighted by atomic mass is 13.7. The van der Waals surface area contributed by atoms with Crippen LogP contribution in [-0.2, 0) is 0 Å². The van der Waals surface area contributed by atoms with Crippen LogP contribution < -0.4 is 0 Å². The molecular formula is C12H24. The highest BCUT2D eigenvalue weighted by Crippen LogP contribution is 1.88. The molecule has 0 atom stereocenters. The lowest BCUT2D eigenvalue weighted by Gasteiger charge is -1.79. The van der Waals surface area contributed by atoms with Gasteiger partial charge in [-0.15, -0.1) is 6.58 Å². The van der Waals surface area contributed by atoms with E-state index in [1.165, 1.54) is 5.57 Å². The zero-order chi connectivity index (χ0) is 10.6. The lowest BCUT2D eigenvalue weighted by atomic mass is 10.3. The third-order valence-corrected chi connectivity index (χ3v) is 0.952. The Hall–Kier alpha value is -0.780. The van der Waals surface area contributed by atoms with E-state index >= 15 is 0 Å². The smallest absolute Gasteiger partial charge is 0.0354 e. The number of hydrogen-bond donors (Lipinski definition) is 0. The van der Waals surface area contributed by atoms with Crippen LogP contribution in [0.3, 0.4) is 0 Å². The van der Waals surface area contributed by atoms with Crippen LogP contribution >= 0.6 is 0 Å². The molecule has 0 unspecified atom stereocenters. The molecule has 0 saturated carbocycles. The molecule has 0 aliphatic rings. The summed E-state index contributed by atoms with van der Waals surface area (Å²) in [5, 5.41) is 0. The first kappa shape index (κ1) is 17.3. The molecule has 0 heterocycles. The highest BCUT2D eigenvalue weighted by molar-refractivity contribution is 5.05. The average Bonchev–Trinajstić information content (AvgIpc) is 2.09. The molecule has 0 aromatic rings. The Morgan fingerprint density at radius 1 is 1.17 bits per heavy atom. The summed E-state index contributed by atoms with van der Waals surface area (Å²) >= 11 is 0. The molecular weight excluding hydrogens is 144 g/mol. The van der Waals surface area contributed by atoms with Crippen molar-refractivity contribution in [1.29, 1.82) is 0 Å². The Morgan fingerprint density at radius 3 is 1.33 bits per heavy atom. The summed E-state index contributed by atoms with van der Waals surface area (Å²) in [6, 6.07) is 0. The second-order valence-corrected chi connectivity index (χ2v) is 2.36. The van der Waals surface area contributed by atoms with Crippen molar-refractivity contribution in [3.63, 3.8) is 0 Å². The van der Waals surface area contributed by atoms with Crippen LogP contribution in [0.5, 0.6) is 0 Å². The van der Waals surface area contributed by atoms with Gasteiger partial charge >= 0.3 is 0 Å². The first-order valence-corrected chi connectivity index (χ1v) is 4.46. The largest absolute Gasteiger partial charge is 0.100 e. The van der Waals surface area contributed by atoms with Gasteiger partial charge in [-0.3, -0.25) is 0 Å². The van der Waals surface area contributed by atoms with E-state index in [-0.39, 0.29) is 0 Å². The summed E-state index contributed by atoms with van der Waals surface area (Å²) in [6.07, 6.45) is 2.83. The van der Waals surface area contributed by atoms with E-state index in [9.17, 15) is 0 Å². The lowest BCUT2D eigenvalue weighted by Crippen LogP contribution is -1.58. The van der Waals surface area contributed by atoms with Gasteiger partial charge in [-0.2, -0.15) is 0 Å². The van der Waals surface area contributed by atoms with Crippen molar-refractivity contribution in [2.24, 2.45) is 0 Å². The molecule has 0 rings (SSSR count). The maximum atomic E-state index is 3.67. The molecule has 0 saturated heterocycles. The zero-order valence-corrected chi connectivity index (χ0v) is 9.41. The molecule has 0 fully saturated rings. The van der Waals surface area contributed by atoms with Gasteiger partial charge < -0.3 is 0 Å². The van der Waals surface area contributed by atoms with Crippen molar-refractivity contribution in [3.05, 3.63) is 37.0 Å². The molecule has 0 amide bonds. The summed E-state index contributed by atoms with van der Waals surface area (Å²) in [5.74, 6) is 0. The molecule has 0 radical (unpaired) electrons. The Kier molecular flexibility index (Phi) is 24.1. The third-order valence-electron chi connectivity index (χ3n) is 0.952. The Balaban J connectivity index is -0.000000112. The predicted molar refractivity (Wildman–Crippen MR) is 61.5 cm³/mol. The van der Waals surface area contributed by atoms with Gasteiger partial charge in [0.25, 0.3) is 0 Å². The van der Waals surface area contributed by atoms with Crippen molar-refractivity contribution < 1.29 is 0 Å². The number of allylic oxidation sites excluding steroid dienone is 3. The molecule has 0 aliphatic heterocycles. The van der Waals surface area contributed by atoms with E-state index in [1.54, 1.807) is 6.08 Å². The van der Waals surface area contributed by atoms with E-state index in [4.69, 9.17) is 0 Å². The zero-order valence-electron chi connectivity index (χ0n) is 9.41. The average molecular weight is 168 g/mol. The highest BCUT2D eigenvalue weighted by Gasteiger charge is 1.67. The van der Waals surface area contributed by atoms with Crippen molar-refractivity contribution in [3.8, 4) is 0 Å². The van der Waals surface area contributed by atoms with Crippen LogP contribution in [0.1, 0.15) is 41.0 Å². The fraction of sp³-hybridized carbons (Fsp3) is 0.500. The van der Waals surface area contributed by atoms with Gasteiger partial charge in [0.05, 0.1) is 0 Å². The van der Waals surface area contributed by atoms with E-state index in [2.05, 4.69) is 26.7 Å². The van der Waals surface area contributed by atoms with Gasteiger partial charge in [0.2, 0.25) is 0 Å². The maximum absolute atomic E-state index is 3.67. The summed E-state index contributed by atoms with van der Waals surface area (Å²) in [4.78, 5) is 0. The minimum Gasteiger partial charge on any atom is -0.100 e. The quantitative estimate of drug-likeness (QED) is 0.412. The van der Waals surface area contributed by atoms with Crippen molar-refractivity contribution in [1.82, 2.24) is 0 Å². The third kappa shape index (κ3) is 60.1. The molecule has 0 spiro atoms. The minimum absolute atomic E-state index is 1.02. The minimum atomic E-state index is 1.02. The van der Waals surface area contributed by atoms with Crippen molar-refractivity contribution in [2.75, 3.05) is 0 Å². The molecule has 0 heteroatoms. The molecule has 0 aromatic carbocycles. The van der Waals surface area contributed by atoms with Gasteiger partial charge in [-0.1, -0.05) is 51.2 Å². The number of hydrogen-bond acceptors (Lipinski definition) is 0. The van der Waals surface area contributed by atoms with Gasteiger partial charge in [-0.25, -0.2) is 0 Å². The molecule has 0 bridgehead atoms. The molecule has 12 heavy (non-hydrogen) atoms. The van der Waals surface area contributed by atoms with Crippen LogP contribution in [-0.4, -0.2) is 0 Å². The molecule has 0 aliphatic carbocycles. The van der Waals surface area contributed by atoms with Gasteiger partial charge in [0.1, 0.15) is 0 Å². The van der Waals surface area contributed by atoms with Crippen LogP contribution in [0, 0.1) is 0 Å². The van der Waals surface area contributed by atoms with Crippen LogP contribution in [0.15, 0.2) is 37.0 Å². The first-order valence-electron chi connectivity index (χ1n) is 4.46. The second-order valence-electron chi connectivity index (χ2n) is 2.36. The van der Waals surface area contributed by atoms with E-state index in [1.807, 2.05) is 27.7 Å². The van der Waals surface area contributed by atoms with E-state index < -0.39 is 0 Å². The Morgan fingerprint density at radius 2 is 1.33 bits per heavy atom. The summed E-state index contributed by atoms with van der Waals surface area (Å²) in [6.45, 7) is 20.7. The number of rotatable bonds is 2. The van der Waals surface area contributed by atoms with Crippen LogP contribution in [0.4, 0.5) is 0 Å². The SMILES string of the molecule is C=C(C)CC.C=CC(=C)C.CC. The first-order chi connectivity index (χ1) is 5.54. The monoisotopic (exact) mass is 168 g/mol. The topological polar surface area (TPSA) is 0 Å². The summed E-state index contributed by atoms with van der Waals surface area (Å²) in [7, 11) is 0. The maximum Gasteiger partial charge on any atom is -0.0354 e. The van der Waals surface area contributed by atoms with Crippen LogP contribution in [0.25, 0.3) is 0 Å².